The summed E-state index contributed by atoms with van der Waals surface area (Å²) in [7, 11) is -0.150. The number of ketones is 1. The highest BCUT2D eigenvalue weighted by Gasteiger charge is 2.35. The van der Waals surface area contributed by atoms with Gasteiger partial charge < -0.3 is 4.90 Å². The van der Waals surface area contributed by atoms with Gasteiger partial charge in [-0.3, -0.25) is 9.00 Å². The van der Waals surface area contributed by atoms with E-state index in [-0.39, 0.29) is 17.5 Å². The molecular weight excluding hydrogens is 210 g/mol. The highest BCUT2D eigenvalue weighted by Crippen LogP contribution is 2.26. The number of rotatable bonds is 4. The van der Waals surface area contributed by atoms with Gasteiger partial charge in [-0.05, 0) is 25.5 Å². The van der Waals surface area contributed by atoms with Crippen molar-refractivity contribution in [1.82, 2.24) is 4.90 Å². The summed E-state index contributed by atoms with van der Waals surface area (Å²) in [5.74, 6) is 1.07. The predicted molar refractivity (Wildman–Crippen MR) is 66.0 cm³/mol. The van der Waals surface area contributed by atoms with Gasteiger partial charge in [-0.1, -0.05) is 13.3 Å². The fourth-order valence-electron chi connectivity index (χ4n) is 2.36. The zero-order valence-electron chi connectivity index (χ0n) is 10.2. The number of Topliss-reactive ketones (excluding diaryl/α,β-unsaturated/α-hetero) is 1. The number of thiol groups is 1. The van der Waals surface area contributed by atoms with Gasteiger partial charge in [0.2, 0.25) is 0 Å². The molecular formula is C11H23NO2S. The molecule has 1 aliphatic rings. The summed E-state index contributed by atoms with van der Waals surface area (Å²) in [6.07, 6.45) is 4.44. The Labute approximate surface area is 93.6 Å². The standard InChI is InChI=1S/C11H23NO2S/c1-5-9-6-12(2)7-10(9)11(13)8-15(3,4)14/h9-10,15H,5-8H2,1-4H3/t9-,10+/m1/s1. The fraction of sp³-hybridized carbons (Fsp3) is 0.909. The molecule has 0 N–H and O–H groups in total. The van der Waals surface area contributed by atoms with E-state index in [0.29, 0.717) is 5.92 Å². The molecule has 1 rings (SSSR count). The van der Waals surface area contributed by atoms with E-state index in [2.05, 4.69) is 11.8 Å². The van der Waals surface area contributed by atoms with Crippen molar-refractivity contribution in [2.24, 2.45) is 11.8 Å². The smallest absolute Gasteiger partial charge is 0.148 e. The Morgan fingerprint density at radius 2 is 2.00 bits per heavy atom. The third-order valence-corrected chi connectivity index (χ3v) is 4.17. The average molecular weight is 233 g/mol. The third kappa shape index (κ3) is 3.68. The molecule has 4 heteroatoms. The minimum absolute atomic E-state index is 0.119. The lowest BCUT2D eigenvalue weighted by Gasteiger charge is -2.18. The molecule has 0 aromatic carbocycles. The van der Waals surface area contributed by atoms with Gasteiger partial charge >= 0.3 is 0 Å². The maximum atomic E-state index is 12.0. The number of hydrogen-bond donors (Lipinski definition) is 1. The number of carbonyl (C=O) groups excluding carboxylic acids is 1. The molecule has 3 nitrogen and oxygen atoms in total. The summed E-state index contributed by atoms with van der Waals surface area (Å²) in [5, 5.41) is 0. The van der Waals surface area contributed by atoms with Crippen LogP contribution in [0.1, 0.15) is 13.3 Å². The van der Waals surface area contributed by atoms with Crippen molar-refractivity contribution >= 4 is 15.7 Å². The average Bonchev–Trinajstić information content (AvgIpc) is 2.43. The van der Waals surface area contributed by atoms with Gasteiger partial charge in [-0.15, -0.1) is 9.93 Å². The van der Waals surface area contributed by atoms with Crippen LogP contribution in [0.5, 0.6) is 0 Å². The van der Waals surface area contributed by atoms with E-state index < -0.39 is 9.93 Å². The van der Waals surface area contributed by atoms with Crippen LogP contribution in [-0.2, 0) is 14.7 Å². The second-order valence-corrected chi connectivity index (χ2v) is 8.66. The van der Waals surface area contributed by atoms with Gasteiger partial charge in [0.05, 0.1) is 5.75 Å². The van der Waals surface area contributed by atoms with Crippen LogP contribution in [0.4, 0.5) is 0 Å². The van der Waals surface area contributed by atoms with E-state index in [1.807, 2.05) is 7.05 Å². The van der Waals surface area contributed by atoms with Crippen LogP contribution in [0.2, 0.25) is 0 Å². The highest BCUT2D eigenvalue weighted by atomic mass is 32.2. The molecule has 0 spiro atoms. The molecule has 1 aliphatic heterocycles. The second-order valence-electron chi connectivity index (χ2n) is 5.19. The molecule has 15 heavy (non-hydrogen) atoms. The van der Waals surface area contributed by atoms with E-state index in [1.54, 1.807) is 12.5 Å². The Morgan fingerprint density at radius 1 is 1.40 bits per heavy atom. The first-order valence-corrected chi connectivity index (χ1v) is 8.37. The van der Waals surface area contributed by atoms with E-state index in [0.717, 1.165) is 19.5 Å². The predicted octanol–water partition coefficient (Wildman–Crippen LogP) is 0.420. The van der Waals surface area contributed by atoms with Crippen LogP contribution >= 0.6 is 0 Å². The molecule has 0 radical (unpaired) electrons. The van der Waals surface area contributed by atoms with Crippen molar-refractivity contribution in [3.05, 3.63) is 0 Å². The summed E-state index contributed by atoms with van der Waals surface area (Å²) < 4.78 is 11.6. The maximum absolute atomic E-state index is 12.0. The molecule has 1 heterocycles. The largest absolute Gasteiger partial charge is 0.305 e. The number of likely N-dealkylation sites (tertiary alicyclic amines) is 1. The lowest BCUT2D eigenvalue weighted by Crippen LogP contribution is -2.30. The minimum Gasteiger partial charge on any atom is -0.305 e. The third-order valence-electron chi connectivity index (χ3n) is 3.10. The van der Waals surface area contributed by atoms with Crippen molar-refractivity contribution < 1.29 is 9.00 Å². The molecule has 0 aromatic rings. The van der Waals surface area contributed by atoms with Crippen LogP contribution in [0.3, 0.4) is 0 Å². The Hall–Kier alpha value is -0.220. The first kappa shape index (κ1) is 12.8. The highest BCUT2D eigenvalue weighted by molar-refractivity contribution is 8.02. The Bertz CT molecular complexity index is 284. The van der Waals surface area contributed by atoms with Crippen LogP contribution in [-0.4, -0.2) is 53.3 Å². The fourth-order valence-corrected chi connectivity index (χ4v) is 3.34. The van der Waals surface area contributed by atoms with E-state index in [4.69, 9.17) is 0 Å². The molecule has 0 aliphatic carbocycles. The second kappa shape index (κ2) is 4.74. The zero-order chi connectivity index (χ0) is 11.6. The molecule has 1 saturated heterocycles. The van der Waals surface area contributed by atoms with E-state index in [1.165, 1.54) is 0 Å². The molecule has 0 amide bonds. The van der Waals surface area contributed by atoms with Crippen LogP contribution in [0.25, 0.3) is 0 Å². The lowest BCUT2D eigenvalue weighted by atomic mass is 9.91. The molecule has 0 unspecified atom stereocenters. The van der Waals surface area contributed by atoms with Crippen molar-refractivity contribution in [3.63, 3.8) is 0 Å². The number of carbonyl (C=O) groups is 1. The van der Waals surface area contributed by atoms with Crippen molar-refractivity contribution in [2.75, 3.05) is 38.4 Å². The van der Waals surface area contributed by atoms with Gasteiger partial charge in [0.15, 0.2) is 0 Å². The Kier molecular flexibility index (Phi) is 4.06. The number of nitrogens with zero attached hydrogens (tertiary/aromatic N) is 1. The van der Waals surface area contributed by atoms with E-state index in [9.17, 15) is 9.00 Å². The van der Waals surface area contributed by atoms with Gasteiger partial charge in [0.1, 0.15) is 5.78 Å². The number of hydrogen-bond acceptors (Lipinski definition) is 3. The summed E-state index contributed by atoms with van der Waals surface area (Å²) >= 11 is 0. The normalized spacial score (nSPS) is 29.3. The molecule has 0 aromatic heterocycles. The summed E-state index contributed by atoms with van der Waals surface area (Å²) in [4.78, 5) is 14.2. The molecule has 1 fully saturated rings. The molecule has 90 valence electrons. The van der Waals surface area contributed by atoms with Crippen molar-refractivity contribution in [2.45, 2.75) is 13.3 Å². The van der Waals surface area contributed by atoms with Gasteiger partial charge in [0.25, 0.3) is 0 Å². The lowest BCUT2D eigenvalue weighted by molar-refractivity contribution is -0.121. The SMILES string of the molecule is CC[C@@H]1CN(C)C[C@@H]1C(=O)C[SH](C)(C)=O. The van der Waals surface area contributed by atoms with Gasteiger partial charge in [0, 0.05) is 19.0 Å². The Balaban J connectivity index is 2.63. The first-order chi connectivity index (χ1) is 6.83. The topological polar surface area (TPSA) is 37.4 Å². The maximum Gasteiger partial charge on any atom is 0.148 e. The van der Waals surface area contributed by atoms with Crippen LogP contribution in [0, 0.1) is 11.8 Å². The monoisotopic (exact) mass is 233 g/mol. The van der Waals surface area contributed by atoms with Crippen molar-refractivity contribution in [3.8, 4) is 0 Å². The van der Waals surface area contributed by atoms with Gasteiger partial charge in [-0.25, -0.2) is 0 Å². The van der Waals surface area contributed by atoms with Gasteiger partial charge in [-0.2, -0.15) is 0 Å². The molecule has 0 saturated carbocycles. The van der Waals surface area contributed by atoms with Crippen LogP contribution < -0.4 is 0 Å². The van der Waals surface area contributed by atoms with Crippen LogP contribution in [0.15, 0.2) is 0 Å². The minimum atomic E-state index is -2.20. The van der Waals surface area contributed by atoms with Crippen molar-refractivity contribution in [1.29, 1.82) is 0 Å². The first-order valence-electron chi connectivity index (χ1n) is 5.58. The quantitative estimate of drug-likeness (QED) is 0.715. The zero-order valence-corrected chi connectivity index (χ0v) is 11.1. The summed E-state index contributed by atoms with van der Waals surface area (Å²) in [5.41, 5.74) is 0. The molecule has 2 atom stereocenters. The summed E-state index contributed by atoms with van der Waals surface area (Å²) in [6.45, 7) is 3.98. The summed E-state index contributed by atoms with van der Waals surface area (Å²) in [6, 6.07) is 0. The Morgan fingerprint density at radius 3 is 2.47 bits per heavy atom. The van der Waals surface area contributed by atoms with E-state index >= 15 is 0 Å². The molecule has 0 bridgehead atoms.